The predicted molar refractivity (Wildman–Crippen MR) is 56.2 cm³/mol. The first-order valence-electron chi connectivity index (χ1n) is 5.12. The zero-order valence-corrected chi connectivity index (χ0v) is 9.19. The van der Waals surface area contributed by atoms with Gasteiger partial charge in [-0.3, -0.25) is 0 Å². The van der Waals surface area contributed by atoms with Gasteiger partial charge in [0.25, 0.3) is 0 Å². The fourth-order valence-electron chi connectivity index (χ4n) is 1.39. The Balaban J connectivity index is 2.50. The molecule has 0 spiro atoms. The summed E-state index contributed by atoms with van der Waals surface area (Å²) >= 11 is 0. The Bertz CT molecular complexity index is 252. The largest absolute Gasteiger partial charge is 0.351 e. The third-order valence-corrected chi connectivity index (χ3v) is 2.11. The maximum atomic E-state index is 5.47. The van der Waals surface area contributed by atoms with Crippen LogP contribution in [0.2, 0.25) is 0 Å². The number of nitrogens with zero attached hydrogens (tertiary/aromatic N) is 1. The average Bonchev–Trinajstić information content (AvgIpc) is 2.53. The van der Waals surface area contributed by atoms with Gasteiger partial charge in [-0.05, 0) is 32.9 Å². The SMILES string of the molecule is CCOC(Cn1cccc1C)OCC. The van der Waals surface area contributed by atoms with Crippen molar-refractivity contribution in [1.29, 1.82) is 0 Å². The standard InChI is InChI=1S/C11H19NO2/c1-4-13-11(14-5-2)9-12-8-6-7-10(12)3/h6-8,11H,4-5,9H2,1-3H3. The van der Waals surface area contributed by atoms with Crippen LogP contribution in [0.4, 0.5) is 0 Å². The molecule has 0 saturated heterocycles. The summed E-state index contributed by atoms with van der Waals surface area (Å²) in [5.74, 6) is 0. The van der Waals surface area contributed by atoms with E-state index in [0.717, 1.165) is 6.54 Å². The van der Waals surface area contributed by atoms with Crippen LogP contribution in [0.25, 0.3) is 0 Å². The minimum Gasteiger partial charge on any atom is -0.351 e. The van der Waals surface area contributed by atoms with Gasteiger partial charge in [0.15, 0.2) is 6.29 Å². The van der Waals surface area contributed by atoms with Crippen LogP contribution < -0.4 is 0 Å². The van der Waals surface area contributed by atoms with Crippen molar-refractivity contribution < 1.29 is 9.47 Å². The van der Waals surface area contributed by atoms with E-state index in [-0.39, 0.29) is 6.29 Å². The molecule has 0 saturated carbocycles. The second-order valence-electron chi connectivity index (χ2n) is 3.14. The summed E-state index contributed by atoms with van der Waals surface area (Å²) < 4.78 is 13.1. The van der Waals surface area contributed by atoms with E-state index in [1.54, 1.807) is 0 Å². The molecular weight excluding hydrogens is 178 g/mol. The molecule has 1 aromatic rings. The van der Waals surface area contributed by atoms with Crippen LogP contribution in [0.5, 0.6) is 0 Å². The molecule has 1 heterocycles. The van der Waals surface area contributed by atoms with Crippen LogP contribution >= 0.6 is 0 Å². The second-order valence-corrected chi connectivity index (χ2v) is 3.14. The molecule has 0 aliphatic carbocycles. The first-order valence-corrected chi connectivity index (χ1v) is 5.12. The Morgan fingerprint density at radius 2 is 1.93 bits per heavy atom. The molecule has 0 radical (unpaired) electrons. The first-order chi connectivity index (χ1) is 6.77. The van der Waals surface area contributed by atoms with E-state index in [4.69, 9.17) is 9.47 Å². The van der Waals surface area contributed by atoms with Gasteiger partial charge in [0.1, 0.15) is 0 Å². The van der Waals surface area contributed by atoms with E-state index in [0.29, 0.717) is 13.2 Å². The summed E-state index contributed by atoms with van der Waals surface area (Å²) in [7, 11) is 0. The van der Waals surface area contributed by atoms with Gasteiger partial charge >= 0.3 is 0 Å². The Morgan fingerprint density at radius 3 is 2.36 bits per heavy atom. The lowest BCUT2D eigenvalue weighted by Gasteiger charge is -2.18. The Kier molecular flexibility index (Phi) is 4.70. The van der Waals surface area contributed by atoms with Crippen molar-refractivity contribution in [3.63, 3.8) is 0 Å². The summed E-state index contributed by atoms with van der Waals surface area (Å²) in [6, 6.07) is 4.11. The summed E-state index contributed by atoms with van der Waals surface area (Å²) in [6.45, 7) is 8.18. The highest BCUT2D eigenvalue weighted by Crippen LogP contribution is 2.05. The Hall–Kier alpha value is -0.800. The minimum absolute atomic E-state index is 0.129. The third kappa shape index (κ3) is 3.16. The predicted octanol–water partition coefficient (Wildman–Crippen LogP) is 2.20. The van der Waals surface area contributed by atoms with Crippen molar-refractivity contribution in [2.75, 3.05) is 13.2 Å². The monoisotopic (exact) mass is 197 g/mol. The van der Waals surface area contributed by atoms with Crippen LogP contribution in [0.1, 0.15) is 19.5 Å². The van der Waals surface area contributed by atoms with Crippen LogP contribution in [0, 0.1) is 6.92 Å². The molecule has 80 valence electrons. The maximum absolute atomic E-state index is 5.47. The lowest BCUT2D eigenvalue weighted by Crippen LogP contribution is -2.23. The summed E-state index contributed by atoms with van der Waals surface area (Å²) in [4.78, 5) is 0. The number of aryl methyl sites for hydroxylation is 1. The molecule has 3 nitrogen and oxygen atoms in total. The Labute approximate surface area is 85.6 Å². The van der Waals surface area contributed by atoms with E-state index in [1.165, 1.54) is 5.69 Å². The highest BCUT2D eigenvalue weighted by molar-refractivity contribution is 5.04. The van der Waals surface area contributed by atoms with Gasteiger partial charge in [-0.1, -0.05) is 0 Å². The van der Waals surface area contributed by atoms with E-state index < -0.39 is 0 Å². The Morgan fingerprint density at radius 1 is 1.29 bits per heavy atom. The molecule has 0 amide bonds. The van der Waals surface area contributed by atoms with Gasteiger partial charge in [-0.15, -0.1) is 0 Å². The molecule has 1 aromatic heterocycles. The molecule has 0 aromatic carbocycles. The number of rotatable bonds is 6. The molecule has 0 unspecified atom stereocenters. The quantitative estimate of drug-likeness (QED) is 0.653. The zero-order valence-electron chi connectivity index (χ0n) is 9.19. The van der Waals surface area contributed by atoms with Gasteiger partial charge < -0.3 is 14.0 Å². The van der Waals surface area contributed by atoms with Crippen LogP contribution in [0.15, 0.2) is 18.3 Å². The topological polar surface area (TPSA) is 23.4 Å². The number of ether oxygens (including phenoxy) is 2. The molecule has 0 N–H and O–H groups in total. The van der Waals surface area contributed by atoms with Crippen molar-refractivity contribution in [2.45, 2.75) is 33.6 Å². The van der Waals surface area contributed by atoms with Gasteiger partial charge in [-0.2, -0.15) is 0 Å². The fourth-order valence-corrected chi connectivity index (χ4v) is 1.39. The fraction of sp³-hybridized carbons (Fsp3) is 0.636. The van der Waals surface area contributed by atoms with E-state index in [2.05, 4.69) is 17.6 Å². The van der Waals surface area contributed by atoms with E-state index in [9.17, 15) is 0 Å². The van der Waals surface area contributed by atoms with Crippen LogP contribution in [0.3, 0.4) is 0 Å². The summed E-state index contributed by atoms with van der Waals surface area (Å²) in [5.41, 5.74) is 1.23. The van der Waals surface area contributed by atoms with Gasteiger partial charge in [0.2, 0.25) is 0 Å². The molecule has 1 rings (SSSR count). The molecule has 14 heavy (non-hydrogen) atoms. The molecule has 0 atom stereocenters. The van der Waals surface area contributed by atoms with E-state index in [1.807, 2.05) is 26.1 Å². The smallest absolute Gasteiger partial charge is 0.175 e. The van der Waals surface area contributed by atoms with Crippen LogP contribution in [-0.4, -0.2) is 24.1 Å². The van der Waals surface area contributed by atoms with E-state index >= 15 is 0 Å². The van der Waals surface area contributed by atoms with Gasteiger partial charge in [-0.25, -0.2) is 0 Å². The normalized spacial score (nSPS) is 11.1. The average molecular weight is 197 g/mol. The number of hydrogen-bond donors (Lipinski definition) is 0. The molecular formula is C11H19NO2. The molecule has 0 fully saturated rings. The third-order valence-electron chi connectivity index (χ3n) is 2.11. The van der Waals surface area contributed by atoms with Crippen molar-refractivity contribution >= 4 is 0 Å². The van der Waals surface area contributed by atoms with Gasteiger partial charge in [0, 0.05) is 25.1 Å². The van der Waals surface area contributed by atoms with Gasteiger partial charge in [0.05, 0.1) is 6.54 Å². The molecule has 0 aliphatic rings. The zero-order chi connectivity index (χ0) is 10.4. The van der Waals surface area contributed by atoms with Crippen molar-refractivity contribution in [3.8, 4) is 0 Å². The van der Waals surface area contributed by atoms with Crippen molar-refractivity contribution in [3.05, 3.63) is 24.0 Å². The highest BCUT2D eigenvalue weighted by atomic mass is 16.7. The number of aromatic nitrogens is 1. The van der Waals surface area contributed by atoms with Crippen molar-refractivity contribution in [2.24, 2.45) is 0 Å². The second kappa shape index (κ2) is 5.83. The highest BCUT2D eigenvalue weighted by Gasteiger charge is 2.08. The van der Waals surface area contributed by atoms with Crippen LogP contribution in [-0.2, 0) is 16.0 Å². The number of hydrogen-bond acceptors (Lipinski definition) is 2. The molecule has 0 aliphatic heterocycles. The first kappa shape index (κ1) is 11.3. The molecule has 0 bridgehead atoms. The maximum Gasteiger partial charge on any atom is 0.175 e. The molecule has 3 heteroatoms. The minimum atomic E-state index is -0.129. The van der Waals surface area contributed by atoms with Crippen molar-refractivity contribution in [1.82, 2.24) is 4.57 Å². The lowest BCUT2D eigenvalue weighted by atomic mass is 10.5. The lowest BCUT2D eigenvalue weighted by molar-refractivity contribution is -0.143. The summed E-state index contributed by atoms with van der Waals surface area (Å²) in [6.07, 6.45) is 1.91. The summed E-state index contributed by atoms with van der Waals surface area (Å²) in [5, 5.41) is 0.